The maximum Gasteiger partial charge on any atom is 0.425 e. The largest absolute Gasteiger partial charge is 0.425 e. The Hall–Kier alpha value is -3.09. The zero-order chi connectivity index (χ0) is 19.4. The minimum atomic E-state index is -4.43. The number of hydrogen-bond donors (Lipinski definition) is 0. The van der Waals surface area contributed by atoms with Gasteiger partial charge in [0.05, 0.1) is 11.9 Å². The van der Waals surface area contributed by atoms with Gasteiger partial charge in [-0.25, -0.2) is 4.68 Å². The number of para-hydroxylation sites is 1. The van der Waals surface area contributed by atoms with E-state index in [1.54, 1.807) is 10.9 Å². The molecule has 4 nitrogen and oxygen atoms in total. The second-order valence-corrected chi connectivity index (χ2v) is 6.15. The topological polar surface area (TPSA) is 39.4 Å². The van der Waals surface area contributed by atoms with Crippen LogP contribution in [0.25, 0.3) is 16.9 Å². The van der Waals surface area contributed by atoms with E-state index in [2.05, 4.69) is 15.1 Å². The first-order valence-corrected chi connectivity index (χ1v) is 8.28. The molecule has 0 fully saturated rings. The van der Waals surface area contributed by atoms with E-state index >= 15 is 0 Å². The minimum Gasteiger partial charge on any atom is -0.386 e. The molecule has 0 saturated carbocycles. The highest BCUT2D eigenvalue weighted by atomic mass is 19.4. The van der Waals surface area contributed by atoms with E-state index in [1.807, 2.05) is 62.4 Å². The van der Waals surface area contributed by atoms with Crippen molar-refractivity contribution >= 4 is 6.21 Å². The highest BCUT2D eigenvalue weighted by Crippen LogP contribution is 2.27. The summed E-state index contributed by atoms with van der Waals surface area (Å²) in [6, 6.07) is 15.4. The molecule has 3 rings (SSSR count). The van der Waals surface area contributed by atoms with E-state index in [1.165, 1.54) is 6.21 Å². The van der Waals surface area contributed by atoms with E-state index < -0.39 is 12.8 Å². The fraction of sp³-hybridized carbons (Fsp3) is 0.200. The molecule has 7 heteroatoms. The SMILES string of the molecule is Cc1ccc(C)c(-c2nn(-c3ccccc3)cc2/C=N/OCC(F)(F)F)c1. The molecule has 0 atom stereocenters. The van der Waals surface area contributed by atoms with Gasteiger partial charge in [0.25, 0.3) is 0 Å². The standard InChI is InChI=1S/C20H18F3N3O/c1-14-8-9-15(2)18(10-14)19-16(11-24-27-13-20(21,22)23)12-26(25-19)17-6-4-3-5-7-17/h3-12H,13H2,1-2H3/b24-11+. The molecule has 1 heterocycles. The number of alkyl halides is 3. The van der Waals surface area contributed by atoms with Crippen LogP contribution < -0.4 is 0 Å². The second-order valence-electron chi connectivity index (χ2n) is 6.15. The van der Waals surface area contributed by atoms with Gasteiger partial charge < -0.3 is 4.84 Å². The van der Waals surface area contributed by atoms with Gasteiger partial charge in [0.15, 0.2) is 0 Å². The Morgan fingerprint density at radius 2 is 1.85 bits per heavy atom. The predicted octanol–water partition coefficient (Wildman–Crippen LogP) is 5.07. The van der Waals surface area contributed by atoms with Crippen molar-refractivity contribution in [3.05, 3.63) is 71.4 Å². The molecule has 0 aliphatic carbocycles. The Labute approximate surface area is 154 Å². The summed E-state index contributed by atoms with van der Waals surface area (Å²) in [6.07, 6.45) is -1.45. The average Bonchev–Trinajstić information content (AvgIpc) is 3.05. The van der Waals surface area contributed by atoms with E-state index in [-0.39, 0.29) is 0 Å². The lowest BCUT2D eigenvalue weighted by molar-refractivity contribution is -0.173. The van der Waals surface area contributed by atoms with Gasteiger partial charge in [-0.3, -0.25) is 0 Å². The lowest BCUT2D eigenvalue weighted by atomic mass is 10.0. The summed E-state index contributed by atoms with van der Waals surface area (Å²) in [5, 5.41) is 8.10. The van der Waals surface area contributed by atoms with Gasteiger partial charge in [0.2, 0.25) is 6.61 Å². The maximum absolute atomic E-state index is 12.2. The molecular formula is C20H18F3N3O. The summed E-state index contributed by atoms with van der Waals surface area (Å²) in [5.74, 6) is 0. The Balaban J connectivity index is 2.01. The van der Waals surface area contributed by atoms with Crippen LogP contribution >= 0.6 is 0 Å². The van der Waals surface area contributed by atoms with Crippen LogP contribution in [0, 0.1) is 13.8 Å². The average molecular weight is 373 g/mol. The van der Waals surface area contributed by atoms with Crippen LogP contribution in [0.15, 0.2) is 59.9 Å². The number of oxime groups is 1. The fourth-order valence-electron chi connectivity index (χ4n) is 2.60. The molecule has 0 bridgehead atoms. The first kappa shape index (κ1) is 18.7. The molecule has 0 radical (unpaired) electrons. The summed E-state index contributed by atoms with van der Waals surface area (Å²) >= 11 is 0. The number of aromatic nitrogens is 2. The highest BCUT2D eigenvalue weighted by molar-refractivity contribution is 5.89. The zero-order valence-electron chi connectivity index (χ0n) is 14.9. The molecule has 0 aliphatic rings. The van der Waals surface area contributed by atoms with Crippen molar-refractivity contribution in [1.82, 2.24) is 9.78 Å². The third-order valence-electron chi connectivity index (χ3n) is 3.91. The van der Waals surface area contributed by atoms with E-state index in [0.29, 0.717) is 11.3 Å². The quantitative estimate of drug-likeness (QED) is 0.463. The number of halogens is 3. The molecule has 2 aromatic carbocycles. The molecule has 0 N–H and O–H groups in total. The van der Waals surface area contributed by atoms with Gasteiger partial charge in [-0.15, -0.1) is 0 Å². The molecule has 0 amide bonds. The van der Waals surface area contributed by atoms with Crippen LogP contribution in [0.2, 0.25) is 0 Å². The third-order valence-corrected chi connectivity index (χ3v) is 3.91. The van der Waals surface area contributed by atoms with Crippen LogP contribution in [0.5, 0.6) is 0 Å². The number of aryl methyl sites for hydroxylation is 2. The van der Waals surface area contributed by atoms with E-state index in [0.717, 1.165) is 22.4 Å². The van der Waals surface area contributed by atoms with Gasteiger partial charge in [-0.2, -0.15) is 18.3 Å². The molecule has 140 valence electrons. The molecule has 0 saturated heterocycles. The summed E-state index contributed by atoms with van der Waals surface area (Å²) in [6.45, 7) is 2.49. The minimum absolute atomic E-state index is 0.565. The molecule has 1 aromatic heterocycles. The van der Waals surface area contributed by atoms with Gasteiger partial charge in [0.1, 0.15) is 5.69 Å². The lowest BCUT2D eigenvalue weighted by Crippen LogP contribution is -2.14. The third kappa shape index (κ3) is 4.75. The Morgan fingerprint density at radius 1 is 1.11 bits per heavy atom. The van der Waals surface area contributed by atoms with Crippen LogP contribution in [0.4, 0.5) is 13.2 Å². The number of hydrogen-bond acceptors (Lipinski definition) is 3. The maximum atomic E-state index is 12.2. The predicted molar refractivity (Wildman–Crippen MR) is 98.1 cm³/mol. The van der Waals surface area contributed by atoms with Crippen molar-refractivity contribution < 1.29 is 18.0 Å². The highest BCUT2D eigenvalue weighted by Gasteiger charge is 2.28. The van der Waals surface area contributed by atoms with E-state index in [9.17, 15) is 13.2 Å². The van der Waals surface area contributed by atoms with Gasteiger partial charge in [0, 0.05) is 17.3 Å². The van der Waals surface area contributed by atoms with Gasteiger partial charge in [-0.05, 0) is 37.6 Å². The summed E-state index contributed by atoms with van der Waals surface area (Å²) in [7, 11) is 0. The fourth-order valence-corrected chi connectivity index (χ4v) is 2.60. The van der Waals surface area contributed by atoms with Gasteiger partial charge in [-0.1, -0.05) is 41.1 Å². The number of rotatable bonds is 5. The van der Waals surface area contributed by atoms with E-state index in [4.69, 9.17) is 0 Å². The van der Waals surface area contributed by atoms with Crippen LogP contribution in [-0.4, -0.2) is 28.8 Å². The number of benzene rings is 2. The normalized spacial score (nSPS) is 11.9. The number of nitrogens with zero attached hydrogens (tertiary/aromatic N) is 3. The van der Waals surface area contributed by atoms with Crippen molar-refractivity contribution in [3.63, 3.8) is 0 Å². The molecule has 0 unspecified atom stereocenters. The van der Waals surface area contributed by atoms with Crippen LogP contribution in [0.3, 0.4) is 0 Å². The molecule has 0 spiro atoms. The first-order chi connectivity index (χ1) is 12.8. The lowest BCUT2D eigenvalue weighted by Gasteiger charge is -2.06. The molecular weight excluding hydrogens is 355 g/mol. The van der Waals surface area contributed by atoms with Crippen molar-refractivity contribution in [2.24, 2.45) is 5.16 Å². The van der Waals surface area contributed by atoms with Crippen molar-refractivity contribution in [2.45, 2.75) is 20.0 Å². The monoisotopic (exact) mass is 373 g/mol. The van der Waals surface area contributed by atoms with Crippen molar-refractivity contribution in [3.8, 4) is 16.9 Å². The molecule has 0 aliphatic heterocycles. The van der Waals surface area contributed by atoms with Crippen molar-refractivity contribution in [2.75, 3.05) is 6.61 Å². The zero-order valence-corrected chi connectivity index (χ0v) is 14.9. The van der Waals surface area contributed by atoms with Crippen LogP contribution in [-0.2, 0) is 4.84 Å². The summed E-state index contributed by atoms with van der Waals surface area (Å²) < 4.78 is 38.4. The smallest absolute Gasteiger partial charge is 0.386 e. The van der Waals surface area contributed by atoms with Gasteiger partial charge >= 0.3 is 6.18 Å². The summed E-state index contributed by atoms with van der Waals surface area (Å²) in [4.78, 5) is 4.37. The van der Waals surface area contributed by atoms with Crippen LogP contribution in [0.1, 0.15) is 16.7 Å². The second kappa shape index (κ2) is 7.65. The summed E-state index contributed by atoms with van der Waals surface area (Å²) in [5.41, 5.74) is 4.97. The first-order valence-electron chi connectivity index (χ1n) is 8.28. The molecule has 27 heavy (non-hydrogen) atoms. The molecule has 3 aromatic rings. The Morgan fingerprint density at radius 3 is 2.56 bits per heavy atom. The Bertz CT molecular complexity index is 947. The van der Waals surface area contributed by atoms with Crippen molar-refractivity contribution in [1.29, 1.82) is 0 Å². The Kier molecular flexibility index (Phi) is 5.30.